The lowest BCUT2D eigenvalue weighted by molar-refractivity contribution is -0.139. The molecule has 0 saturated heterocycles. The van der Waals surface area contributed by atoms with Gasteiger partial charge in [0.25, 0.3) is 5.91 Å². The van der Waals surface area contributed by atoms with E-state index in [0.717, 1.165) is 11.1 Å². The second kappa shape index (κ2) is 10.3. The van der Waals surface area contributed by atoms with Gasteiger partial charge in [-0.3, -0.25) is 4.79 Å². The van der Waals surface area contributed by atoms with Crippen LogP contribution in [0.5, 0.6) is 11.5 Å². The number of carbonyl (C=O) groups is 2. The smallest absolute Gasteiger partial charge is 0.326 e. The third-order valence-electron chi connectivity index (χ3n) is 5.05. The molecular weight excluding hydrogens is 414 g/mol. The minimum atomic E-state index is -1.09. The van der Waals surface area contributed by atoms with Crippen molar-refractivity contribution in [2.24, 2.45) is 5.73 Å². The lowest BCUT2D eigenvalue weighted by Crippen LogP contribution is -2.41. The molecule has 0 radical (unpaired) electrons. The number of aryl methyl sites for hydroxylation is 1. The molecule has 4 N–H and O–H groups in total. The van der Waals surface area contributed by atoms with E-state index in [4.69, 9.17) is 19.7 Å². The molecule has 1 aromatic heterocycles. The summed E-state index contributed by atoms with van der Waals surface area (Å²) in [4.78, 5) is 24.2. The lowest BCUT2D eigenvalue weighted by Gasteiger charge is -2.18. The van der Waals surface area contributed by atoms with E-state index in [9.17, 15) is 14.7 Å². The number of rotatable bonds is 9. The number of benzene rings is 1. The Morgan fingerprint density at radius 2 is 1.93 bits per heavy atom. The Kier molecular flexibility index (Phi) is 8.08. The number of amides is 1. The van der Waals surface area contributed by atoms with Crippen molar-refractivity contribution >= 4 is 24.3 Å². The first-order valence-electron chi connectivity index (χ1n) is 9.47. The van der Waals surface area contributed by atoms with Crippen LogP contribution in [0.2, 0.25) is 0 Å². The van der Waals surface area contributed by atoms with Gasteiger partial charge in [0.05, 0.1) is 14.2 Å². The van der Waals surface area contributed by atoms with Gasteiger partial charge in [0.2, 0.25) is 0 Å². The molecule has 30 heavy (non-hydrogen) atoms. The van der Waals surface area contributed by atoms with Crippen LogP contribution in [0.3, 0.4) is 0 Å². The molecule has 0 saturated carbocycles. The number of hydrogen-bond donors (Lipinski definition) is 3. The zero-order chi connectivity index (χ0) is 21.0. The molecule has 10 heteroatoms. The molecule has 1 aliphatic rings. The predicted molar refractivity (Wildman–Crippen MR) is 111 cm³/mol. The number of nitrogens with two attached hydrogens (primary N) is 1. The topological polar surface area (TPSA) is 137 Å². The average Bonchev–Trinajstić information content (AvgIpc) is 3.16. The molecule has 0 aliphatic heterocycles. The summed E-state index contributed by atoms with van der Waals surface area (Å²) in [5.74, 6) is 0.0163. The Balaban J connectivity index is 0.00000320. The predicted octanol–water partition coefficient (Wildman–Crippen LogP) is 2.19. The number of nitrogens with zero attached hydrogens (tertiary/aromatic N) is 1. The Hall–Kier alpha value is -2.78. The van der Waals surface area contributed by atoms with Gasteiger partial charge in [-0.05, 0) is 56.3 Å². The second-order valence-corrected chi connectivity index (χ2v) is 6.85. The van der Waals surface area contributed by atoms with Crippen LogP contribution in [0, 0.1) is 0 Å². The quantitative estimate of drug-likeness (QED) is 0.505. The van der Waals surface area contributed by atoms with Crippen molar-refractivity contribution in [2.45, 2.75) is 38.1 Å². The second-order valence-electron chi connectivity index (χ2n) is 6.85. The van der Waals surface area contributed by atoms with E-state index in [1.54, 1.807) is 20.3 Å². The minimum Gasteiger partial charge on any atom is -0.493 e. The molecule has 1 aromatic carbocycles. The van der Waals surface area contributed by atoms with Crippen LogP contribution in [0.1, 0.15) is 40.9 Å². The SMILES string of the molecule is COc1cc2c(cc1OC)-c1onc(C(=O)N[C@@H](CCCCN)C(=O)O)c1CC2.Cl. The monoisotopic (exact) mass is 439 g/mol. The number of unbranched alkanes of at least 4 members (excludes halogenated alkanes) is 1. The van der Waals surface area contributed by atoms with Crippen LogP contribution in [-0.4, -0.2) is 48.9 Å². The highest BCUT2D eigenvalue weighted by Crippen LogP contribution is 2.41. The minimum absolute atomic E-state index is 0. The third-order valence-corrected chi connectivity index (χ3v) is 5.05. The van der Waals surface area contributed by atoms with Crippen LogP contribution < -0.4 is 20.5 Å². The van der Waals surface area contributed by atoms with E-state index >= 15 is 0 Å². The largest absolute Gasteiger partial charge is 0.493 e. The standard InChI is InChI=1S/C20H25N3O6.ClH/c1-27-15-9-11-6-7-12-17(23-29-18(12)13(11)10-16(15)28-2)19(24)22-14(20(25)26)5-3-4-8-21;/h9-10,14H,3-8,21H2,1-2H3,(H,22,24)(H,25,26);1H/t14-;/m0./s1. The Bertz CT molecular complexity index is 914. The first-order chi connectivity index (χ1) is 14.0. The van der Waals surface area contributed by atoms with E-state index in [1.165, 1.54) is 0 Å². The number of halogens is 1. The number of carbonyl (C=O) groups excluding carboxylic acids is 1. The zero-order valence-electron chi connectivity index (χ0n) is 16.9. The van der Waals surface area contributed by atoms with Crippen molar-refractivity contribution in [3.8, 4) is 22.8 Å². The van der Waals surface area contributed by atoms with Gasteiger partial charge in [0.15, 0.2) is 23.0 Å². The fourth-order valence-corrected chi connectivity index (χ4v) is 3.51. The Labute approximate surface area is 180 Å². The van der Waals surface area contributed by atoms with E-state index in [1.807, 2.05) is 6.07 Å². The summed E-state index contributed by atoms with van der Waals surface area (Å²) in [6.07, 6.45) is 2.83. The molecule has 164 valence electrons. The van der Waals surface area contributed by atoms with Gasteiger partial charge < -0.3 is 30.2 Å². The number of methoxy groups -OCH3 is 2. The van der Waals surface area contributed by atoms with E-state index in [2.05, 4.69) is 10.5 Å². The molecule has 1 heterocycles. The zero-order valence-corrected chi connectivity index (χ0v) is 17.7. The number of carboxylic acid groups (broad SMARTS) is 1. The molecule has 1 atom stereocenters. The van der Waals surface area contributed by atoms with Gasteiger partial charge in [-0.15, -0.1) is 12.4 Å². The number of aromatic nitrogens is 1. The van der Waals surface area contributed by atoms with Crippen molar-refractivity contribution in [3.05, 3.63) is 29.0 Å². The van der Waals surface area contributed by atoms with Gasteiger partial charge >= 0.3 is 5.97 Å². The van der Waals surface area contributed by atoms with Crippen molar-refractivity contribution in [2.75, 3.05) is 20.8 Å². The summed E-state index contributed by atoms with van der Waals surface area (Å²) < 4.78 is 16.2. The maximum absolute atomic E-state index is 12.7. The lowest BCUT2D eigenvalue weighted by atomic mass is 9.89. The average molecular weight is 440 g/mol. The number of hydrogen-bond acceptors (Lipinski definition) is 7. The summed E-state index contributed by atoms with van der Waals surface area (Å²) in [6, 6.07) is 2.69. The van der Waals surface area contributed by atoms with Crippen molar-refractivity contribution in [1.29, 1.82) is 0 Å². The molecule has 0 fully saturated rings. The Morgan fingerprint density at radius 1 is 1.23 bits per heavy atom. The van der Waals surface area contributed by atoms with Crippen LogP contribution in [0.15, 0.2) is 16.7 Å². The first kappa shape index (κ1) is 23.5. The van der Waals surface area contributed by atoms with E-state index in [-0.39, 0.29) is 18.1 Å². The number of carboxylic acids is 1. The van der Waals surface area contributed by atoms with Crippen LogP contribution >= 0.6 is 12.4 Å². The number of nitrogens with one attached hydrogen (secondary N) is 1. The highest BCUT2D eigenvalue weighted by atomic mass is 35.5. The fourth-order valence-electron chi connectivity index (χ4n) is 3.51. The van der Waals surface area contributed by atoms with Gasteiger partial charge in [0.1, 0.15) is 6.04 Å². The number of ether oxygens (including phenoxy) is 2. The molecule has 9 nitrogen and oxygen atoms in total. The molecule has 3 rings (SSSR count). The molecule has 0 unspecified atom stereocenters. The van der Waals surface area contributed by atoms with Gasteiger partial charge in [0, 0.05) is 11.1 Å². The van der Waals surface area contributed by atoms with Crippen molar-refractivity contribution in [3.63, 3.8) is 0 Å². The fraction of sp³-hybridized carbons (Fsp3) is 0.450. The molecule has 2 aromatic rings. The van der Waals surface area contributed by atoms with Crippen LogP contribution in [0.25, 0.3) is 11.3 Å². The third kappa shape index (κ3) is 4.68. The number of fused-ring (bicyclic) bond motifs is 3. The van der Waals surface area contributed by atoms with Gasteiger partial charge in [-0.1, -0.05) is 5.16 Å². The summed E-state index contributed by atoms with van der Waals surface area (Å²) in [7, 11) is 3.12. The van der Waals surface area contributed by atoms with E-state index < -0.39 is 17.9 Å². The maximum atomic E-state index is 12.7. The maximum Gasteiger partial charge on any atom is 0.326 e. The van der Waals surface area contributed by atoms with Gasteiger partial charge in [-0.25, -0.2) is 4.79 Å². The molecule has 0 spiro atoms. The first-order valence-corrected chi connectivity index (χ1v) is 9.47. The normalized spacial score (nSPS) is 12.8. The highest BCUT2D eigenvalue weighted by Gasteiger charge is 2.30. The summed E-state index contributed by atoms with van der Waals surface area (Å²) >= 11 is 0. The van der Waals surface area contributed by atoms with Crippen LogP contribution in [0.4, 0.5) is 0 Å². The van der Waals surface area contributed by atoms with Gasteiger partial charge in [-0.2, -0.15) is 0 Å². The summed E-state index contributed by atoms with van der Waals surface area (Å²) in [6.45, 7) is 0.477. The summed E-state index contributed by atoms with van der Waals surface area (Å²) in [5, 5.41) is 15.9. The summed E-state index contributed by atoms with van der Waals surface area (Å²) in [5.41, 5.74) is 8.01. The van der Waals surface area contributed by atoms with E-state index in [0.29, 0.717) is 61.5 Å². The Morgan fingerprint density at radius 3 is 2.57 bits per heavy atom. The molecular formula is C20H26ClN3O6. The molecule has 0 bridgehead atoms. The highest BCUT2D eigenvalue weighted by molar-refractivity contribution is 5.97. The number of aliphatic carboxylic acids is 1. The van der Waals surface area contributed by atoms with Crippen molar-refractivity contribution < 1.29 is 28.7 Å². The van der Waals surface area contributed by atoms with Crippen LogP contribution in [-0.2, 0) is 17.6 Å². The molecule has 1 aliphatic carbocycles. The molecule has 1 amide bonds. The van der Waals surface area contributed by atoms with Crippen molar-refractivity contribution in [1.82, 2.24) is 10.5 Å².